The maximum Gasteiger partial charge on any atom is 0.0948 e. The Morgan fingerprint density at radius 2 is 2.40 bits per heavy atom. The minimum Gasteiger partial charge on any atom is -0.333 e. The second-order valence-electron chi connectivity index (χ2n) is 4.93. The van der Waals surface area contributed by atoms with Gasteiger partial charge in [-0.05, 0) is 25.2 Å². The molecule has 2 unspecified atom stereocenters. The standard InChI is InChI=1S/C12H21N3/c1-9-4-3-5-11(9)7-15-8-14-6-12(15)10(2)13/h6,8-11H,3-5,7,13H2,1-2H3/t9?,10-,11?/m1/s1. The van der Waals surface area contributed by atoms with Crippen LogP contribution in [-0.4, -0.2) is 9.55 Å². The highest BCUT2D eigenvalue weighted by molar-refractivity contribution is 5.03. The quantitative estimate of drug-likeness (QED) is 0.826. The number of aromatic nitrogens is 2. The van der Waals surface area contributed by atoms with Crippen molar-refractivity contribution < 1.29 is 0 Å². The number of hydrogen-bond acceptors (Lipinski definition) is 2. The van der Waals surface area contributed by atoms with Crippen molar-refractivity contribution >= 4 is 0 Å². The molecule has 3 heteroatoms. The fraction of sp³-hybridized carbons (Fsp3) is 0.750. The molecule has 2 N–H and O–H groups in total. The van der Waals surface area contributed by atoms with E-state index in [2.05, 4.69) is 16.5 Å². The molecule has 0 spiro atoms. The molecule has 0 aliphatic heterocycles. The van der Waals surface area contributed by atoms with E-state index in [1.165, 1.54) is 19.3 Å². The van der Waals surface area contributed by atoms with Gasteiger partial charge in [-0.1, -0.05) is 19.8 Å². The summed E-state index contributed by atoms with van der Waals surface area (Å²) in [6, 6.07) is 0.0872. The first-order chi connectivity index (χ1) is 7.18. The second-order valence-corrected chi connectivity index (χ2v) is 4.93. The third-order valence-corrected chi connectivity index (χ3v) is 3.68. The van der Waals surface area contributed by atoms with E-state index in [9.17, 15) is 0 Å². The predicted octanol–water partition coefficient (Wildman–Crippen LogP) is 2.34. The maximum absolute atomic E-state index is 5.91. The van der Waals surface area contributed by atoms with Crippen LogP contribution in [0.1, 0.15) is 44.8 Å². The summed E-state index contributed by atoms with van der Waals surface area (Å²) in [5.41, 5.74) is 7.07. The summed E-state index contributed by atoms with van der Waals surface area (Å²) in [5.74, 6) is 1.67. The normalized spacial score (nSPS) is 28.2. The number of nitrogens with two attached hydrogens (primary N) is 1. The first-order valence-electron chi connectivity index (χ1n) is 5.94. The highest BCUT2D eigenvalue weighted by atomic mass is 15.1. The van der Waals surface area contributed by atoms with Crippen LogP contribution in [0.5, 0.6) is 0 Å². The van der Waals surface area contributed by atoms with Crippen LogP contribution < -0.4 is 5.73 Å². The Morgan fingerprint density at radius 3 is 3.00 bits per heavy atom. The molecule has 0 saturated heterocycles. The summed E-state index contributed by atoms with van der Waals surface area (Å²) < 4.78 is 2.23. The van der Waals surface area contributed by atoms with Gasteiger partial charge in [-0.3, -0.25) is 0 Å². The minimum absolute atomic E-state index is 0.0872. The Kier molecular flexibility index (Phi) is 3.10. The molecule has 0 radical (unpaired) electrons. The van der Waals surface area contributed by atoms with E-state index in [0.717, 1.165) is 24.1 Å². The van der Waals surface area contributed by atoms with E-state index in [1.54, 1.807) is 0 Å². The topological polar surface area (TPSA) is 43.8 Å². The molecular formula is C12H21N3. The first kappa shape index (κ1) is 10.7. The molecule has 15 heavy (non-hydrogen) atoms. The van der Waals surface area contributed by atoms with Gasteiger partial charge in [0.15, 0.2) is 0 Å². The van der Waals surface area contributed by atoms with Crippen LogP contribution >= 0.6 is 0 Å². The summed E-state index contributed by atoms with van der Waals surface area (Å²) in [5, 5.41) is 0. The van der Waals surface area contributed by atoms with Gasteiger partial charge in [0.05, 0.1) is 12.0 Å². The summed E-state index contributed by atoms with van der Waals surface area (Å²) in [7, 11) is 0. The average molecular weight is 207 g/mol. The number of rotatable bonds is 3. The zero-order chi connectivity index (χ0) is 10.8. The van der Waals surface area contributed by atoms with Crippen molar-refractivity contribution in [2.75, 3.05) is 0 Å². The second kappa shape index (κ2) is 4.35. The summed E-state index contributed by atoms with van der Waals surface area (Å²) >= 11 is 0. The molecule has 0 bridgehead atoms. The molecule has 1 fully saturated rings. The van der Waals surface area contributed by atoms with E-state index in [-0.39, 0.29) is 6.04 Å². The molecule has 0 aromatic carbocycles. The zero-order valence-electron chi connectivity index (χ0n) is 9.69. The van der Waals surface area contributed by atoms with Crippen molar-refractivity contribution in [2.24, 2.45) is 17.6 Å². The van der Waals surface area contributed by atoms with E-state index >= 15 is 0 Å². The lowest BCUT2D eigenvalue weighted by molar-refractivity contribution is 0.357. The Bertz CT molecular complexity index is 316. The van der Waals surface area contributed by atoms with Gasteiger partial charge < -0.3 is 10.3 Å². The Hall–Kier alpha value is -0.830. The third-order valence-electron chi connectivity index (χ3n) is 3.68. The van der Waals surface area contributed by atoms with Crippen LogP contribution in [0, 0.1) is 11.8 Å². The van der Waals surface area contributed by atoms with Crippen LogP contribution in [0.2, 0.25) is 0 Å². The van der Waals surface area contributed by atoms with E-state index in [4.69, 9.17) is 5.73 Å². The van der Waals surface area contributed by atoms with Crippen LogP contribution in [0.15, 0.2) is 12.5 Å². The molecule has 3 atom stereocenters. The predicted molar refractivity (Wildman–Crippen MR) is 61.3 cm³/mol. The molecule has 1 aromatic heterocycles. The van der Waals surface area contributed by atoms with Crippen LogP contribution in [-0.2, 0) is 6.54 Å². The van der Waals surface area contributed by atoms with Gasteiger partial charge in [-0.25, -0.2) is 4.98 Å². The van der Waals surface area contributed by atoms with Crippen molar-refractivity contribution in [3.8, 4) is 0 Å². The monoisotopic (exact) mass is 207 g/mol. The van der Waals surface area contributed by atoms with Crippen molar-refractivity contribution in [1.29, 1.82) is 0 Å². The van der Waals surface area contributed by atoms with Gasteiger partial charge in [0.2, 0.25) is 0 Å². The van der Waals surface area contributed by atoms with Crippen molar-refractivity contribution in [2.45, 2.75) is 45.7 Å². The van der Waals surface area contributed by atoms with Crippen LogP contribution in [0.4, 0.5) is 0 Å². The van der Waals surface area contributed by atoms with Gasteiger partial charge in [0, 0.05) is 18.8 Å². The highest BCUT2D eigenvalue weighted by Crippen LogP contribution is 2.32. The van der Waals surface area contributed by atoms with E-state index < -0.39 is 0 Å². The summed E-state index contributed by atoms with van der Waals surface area (Å²) in [6.45, 7) is 5.48. The molecule has 3 nitrogen and oxygen atoms in total. The fourth-order valence-corrected chi connectivity index (χ4v) is 2.61. The van der Waals surface area contributed by atoms with Gasteiger partial charge in [0.1, 0.15) is 0 Å². The molecule has 1 aliphatic carbocycles. The lowest BCUT2D eigenvalue weighted by atomic mass is 9.98. The Labute approximate surface area is 91.7 Å². The zero-order valence-corrected chi connectivity index (χ0v) is 9.69. The number of nitrogens with zero attached hydrogens (tertiary/aromatic N) is 2. The lowest BCUT2D eigenvalue weighted by Crippen LogP contribution is -2.17. The summed E-state index contributed by atoms with van der Waals surface area (Å²) in [6.07, 6.45) is 7.94. The fourth-order valence-electron chi connectivity index (χ4n) is 2.61. The van der Waals surface area contributed by atoms with E-state index in [0.29, 0.717) is 0 Å². The van der Waals surface area contributed by atoms with Crippen LogP contribution in [0.3, 0.4) is 0 Å². The van der Waals surface area contributed by atoms with Crippen molar-refractivity contribution in [3.05, 3.63) is 18.2 Å². The highest BCUT2D eigenvalue weighted by Gasteiger charge is 2.24. The Morgan fingerprint density at radius 1 is 1.60 bits per heavy atom. The minimum atomic E-state index is 0.0872. The smallest absolute Gasteiger partial charge is 0.0948 e. The van der Waals surface area contributed by atoms with Crippen LogP contribution in [0.25, 0.3) is 0 Å². The lowest BCUT2D eigenvalue weighted by Gasteiger charge is -2.18. The summed E-state index contributed by atoms with van der Waals surface area (Å²) in [4.78, 5) is 4.19. The van der Waals surface area contributed by atoms with Crippen molar-refractivity contribution in [1.82, 2.24) is 9.55 Å². The molecule has 1 heterocycles. The Balaban J connectivity index is 2.06. The van der Waals surface area contributed by atoms with Crippen molar-refractivity contribution in [3.63, 3.8) is 0 Å². The van der Waals surface area contributed by atoms with Gasteiger partial charge >= 0.3 is 0 Å². The SMILES string of the molecule is CC1CCCC1Cn1cncc1[C@@H](C)N. The number of imidazole rings is 1. The van der Waals surface area contributed by atoms with Gasteiger partial charge in [0.25, 0.3) is 0 Å². The van der Waals surface area contributed by atoms with Gasteiger partial charge in [-0.2, -0.15) is 0 Å². The number of hydrogen-bond donors (Lipinski definition) is 1. The average Bonchev–Trinajstić information content (AvgIpc) is 2.77. The molecule has 1 saturated carbocycles. The molecule has 0 amide bonds. The van der Waals surface area contributed by atoms with Gasteiger partial charge in [-0.15, -0.1) is 0 Å². The molecule has 1 aliphatic rings. The largest absolute Gasteiger partial charge is 0.333 e. The maximum atomic E-state index is 5.91. The third kappa shape index (κ3) is 2.23. The molecule has 84 valence electrons. The molecule has 2 rings (SSSR count). The first-order valence-corrected chi connectivity index (χ1v) is 5.94. The van der Waals surface area contributed by atoms with E-state index in [1.807, 2.05) is 19.4 Å². The molecular weight excluding hydrogens is 186 g/mol. The molecule has 1 aromatic rings.